The fourth-order valence-corrected chi connectivity index (χ4v) is 1.21. The summed E-state index contributed by atoms with van der Waals surface area (Å²) in [6, 6.07) is 0. The molecule has 0 saturated carbocycles. The highest BCUT2D eigenvalue weighted by Crippen LogP contribution is 1.94. The topological polar surface area (TPSA) is 62.0 Å². The van der Waals surface area contributed by atoms with Crippen LogP contribution in [0.25, 0.3) is 0 Å². The zero-order valence-corrected chi connectivity index (χ0v) is 7.11. The number of nitrogens with one attached hydrogen (secondary N) is 2. The molecule has 5 heteroatoms. The molecule has 0 aliphatic rings. The zero-order chi connectivity index (χ0) is 8.97. The lowest BCUT2D eigenvalue weighted by molar-refractivity contribution is 0.0953. The van der Waals surface area contributed by atoms with Gasteiger partial charge in [-0.05, 0) is 0 Å². The Bertz CT molecular complexity index is 339. The molecule has 1 heterocycles. The SMILES string of the molecule is C=CCNC(=O)c1csc(=O)[nH]1. The lowest BCUT2D eigenvalue weighted by Gasteiger charge is -1.96. The molecule has 2 N–H and O–H groups in total. The van der Waals surface area contributed by atoms with Crippen LogP contribution in [-0.4, -0.2) is 17.4 Å². The van der Waals surface area contributed by atoms with E-state index < -0.39 is 0 Å². The fraction of sp³-hybridized carbons (Fsp3) is 0.143. The van der Waals surface area contributed by atoms with E-state index in [4.69, 9.17) is 0 Å². The maximum atomic E-state index is 11.1. The number of H-pyrrole nitrogens is 1. The van der Waals surface area contributed by atoms with Gasteiger partial charge < -0.3 is 10.3 Å². The van der Waals surface area contributed by atoms with Gasteiger partial charge in [0.05, 0.1) is 0 Å². The molecule has 1 amide bonds. The fourth-order valence-electron chi connectivity index (χ4n) is 0.652. The van der Waals surface area contributed by atoms with Gasteiger partial charge >= 0.3 is 4.87 Å². The monoisotopic (exact) mass is 184 g/mol. The molecule has 0 unspecified atom stereocenters. The van der Waals surface area contributed by atoms with Crippen LogP contribution < -0.4 is 10.2 Å². The number of aromatic nitrogens is 1. The molecule has 0 radical (unpaired) electrons. The van der Waals surface area contributed by atoms with Crippen LogP contribution in [0.5, 0.6) is 0 Å². The number of carbonyl (C=O) groups excluding carboxylic acids is 1. The van der Waals surface area contributed by atoms with Gasteiger partial charge in [-0.15, -0.1) is 6.58 Å². The van der Waals surface area contributed by atoms with Crippen LogP contribution in [0.4, 0.5) is 0 Å². The van der Waals surface area contributed by atoms with Crippen molar-refractivity contribution in [3.05, 3.63) is 33.4 Å². The Labute approximate surface area is 72.9 Å². The number of hydrogen-bond donors (Lipinski definition) is 2. The normalized spacial score (nSPS) is 9.33. The molecule has 0 fully saturated rings. The molecule has 0 aliphatic carbocycles. The van der Waals surface area contributed by atoms with Gasteiger partial charge in [-0.3, -0.25) is 9.59 Å². The Morgan fingerprint density at radius 3 is 3.08 bits per heavy atom. The van der Waals surface area contributed by atoms with Crippen molar-refractivity contribution in [1.29, 1.82) is 0 Å². The predicted octanol–water partition coefficient (Wildman–Crippen LogP) is 0.352. The van der Waals surface area contributed by atoms with Crippen LogP contribution in [0.3, 0.4) is 0 Å². The highest BCUT2D eigenvalue weighted by atomic mass is 32.1. The molecule has 1 aromatic heterocycles. The molecule has 0 spiro atoms. The van der Waals surface area contributed by atoms with Gasteiger partial charge in [-0.1, -0.05) is 17.4 Å². The summed E-state index contributed by atoms with van der Waals surface area (Å²) < 4.78 is 0. The number of hydrogen-bond acceptors (Lipinski definition) is 3. The van der Waals surface area contributed by atoms with Crippen molar-refractivity contribution < 1.29 is 4.79 Å². The summed E-state index contributed by atoms with van der Waals surface area (Å²) in [5.41, 5.74) is 0.298. The second-order valence-corrected chi connectivity index (χ2v) is 2.90. The number of thiazole rings is 1. The van der Waals surface area contributed by atoms with Crippen LogP contribution in [-0.2, 0) is 0 Å². The Hall–Kier alpha value is -1.36. The second kappa shape index (κ2) is 3.87. The van der Waals surface area contributed by atoms with Gasteiger partial charge in [0, 0.05) is 11.9 Å². The lowest BCUT2D eigenvalue weighted by Crippen LogP contribution is -2.24. The van der Waals surface area contributed by atoms with Crippen molar-refractivity contribution >= 4 is 17.2 Å². The standard InChI is InChI=1S/C7H8N2O2S/c1-2-3-8-6(10)5-4-12-7(11)9-5/h2,4H,1,3H2,(H,8,10)(H,9,11). The van der Waals surface area contributed by atoms with Crippen molar-refractivity contribution in [3.63, 3.8) is 0 Å². The Balaban J connectivity index is 2.65. The van der Waals surface area contributed by atoms with Crippen LogP contribution >= 0.6 is 11.3 Å². The van der Waals surface area contributed by atoms with Crippen LogP contribution in [0.15, 0.2) is 22.8 Å². The summed E-state index contributed by atoms with van der Waals surface area (Å²) in [6.45, 7) is 3.85. The highest BCUT2D eigenvalue weighted by molar-refractivity contribution is 7.07. The number of carbonyl (C=O) groups is 1. The average molecular weight is 184 g/mol. The first-order valence-electron chi connectivity index (χ1n) is 3.31. The minimum Gasteiger partial charge on any atom is -0.347 e. The molecule has 1 aromatic rings. The number of rotatable bonds is 3. The average Bonchev–Trinajstić information content (AvgIpc) is 2.47. The van der Waals surface area contributed by atoms with E-state index in [9.17, 15) is 9.59 Å². The van der Waals surface area contributed by atoms with Gasteiger partial charge in [0.15, 0.2) is 0 Å². The summed E-state index contributed by atoms with van der Waals surface area (Å²) in [5.74, 6) is -0.284. The van der Waals surface area contributed by atoms with Gasteiger partial charge in [0.25, 0.3) is 5.91 Å². The largest absolute Gasteiger partial charge is 0.347 e. The quantitative estimate of drug-likeness (QED) is 0.666. The van der Waals surface area contributed by atoms with E-state index in [2.05, 4.69) is 16.9 Å². The van der Waals surface area contributed by atoms with Gasteiger partial charge in [-0.2, -0.15) is 0 Å². The maximum absolute atomic E-state index is 11.1. The molecule has 0 aromatic carbocycles. The van der Waals surface area contributed by atoms with E-state index in [1.807, 2.05) is 0 Å². The zero-order valence-electron chi connectivity index (χ0n) is 6.29. The van der Waals surface area contributed by atoms with E-state index in [0.29, 0.717) is 12.2 Å². The molecule has 0 aliphatic heterocycles. The van der Waals surface area contributed by atoms with E-state index in [1.165, 1.54) is 5.38 Å². The molecule has 4 nitrogen and oxygen atoms in total. The number of aromatic amines is 1. The Morgan fingerprint density at radius 1 is 1.83 bits per heavy atom. The summed E-state index contributed by atoms with van der Waals surface area (Å²) in [7, 11) is 0. The smallest absolute Gasteiger partial charge is 0.305 e. The third-order valence-electron chi connectivity index (χ3n) is 1.17. The van der Waals surface area contributed by atoms with Crippen molar-refractivity contribution in [2.75, 3.05) is 6.54 Å². The molecule has 0 saturated heterocycles. The summed E-state index contributed by atoms with van der Waals surface area (Å²) in [5, 5.41) is 4.03. The predicted molar refractivity (Wildman–Crippen MR) is 47.5 cm³/mol. The van der Waals surface area contributed by atoms with Crippen molar-refractivity contribution in [1.82, 2.24) is 10.3 Å². The minimum absolute atomic E-state index is 0.223. The van der Waals surface area contributed by atoms with Gasteiger partial charge in [0.1, 0.15) is 5.69 Å². The highest BCUT2D eigenvalue weighted by Gasteiger charge is 2.05. The number of amides is 1. The van der Waals surface area contributed by atoms with Crippen LogP contribution in [0.1, 0.15) is 10.5 Å². The first-order chi connectivity index (χ1) is 5.74. The summed E-state index contributed by atoms with van der Waals surface area (Å²) in [4.78, 5) is 23.9. The summed E-state index contributed by atoms with van der Waals surface area (Å²) >= 11 is 0.968. The van der Waals surface area contributed by atoms with Crippen molar-refractivity contribution in [2.45, 2.75) is 0 Å². The molecule has 0 atom stereocenters. The molecule has 1 rings (SSSR count). The van der Waals surface area contributed by atoms with E-state index in [1.54, 1.807) is 6.08 Å². The maximum Gasteiger partial charge on any atom is 0.305 e. The Morgan fingerprint density at radius 2 is 2.58 bits per heavy atom. The van der Waals surface area contributed by atoms with Crippen molar-refractivity contribution in [3.8, 4) is 0 Å². The third kappa shape index (κ3) is 2.06. The van der Waals surface area contributed by atoms with E-state index in [-0.39, 0.29) is 10.8 Å². The second-order valence-electron chi connectivity index (χ2n) is 2.06. The molecule has 64 valence electrons. The van der Waals surface area contributed by atoms with Crippen LogP contribution in [0, 0.1) is 0 Å². The lowest BCUT2D eigenvalue weighted by atomic mass is 10.4. The molecule has 0 bridgehead atoms. The molecular formula is C7H8N2O2S. The first kappa shape index (κ1) is 8.73. The third-order valence-corrected chi connectivity index (χ3v) is 1.84. The minimum atomic E-state index is -0.284. The van der Waals surface area contributed by atoms with E-state index in [0.717, 1.165) is 11.3 Å². The van der Waals surface area contributed by atoms with E-state index >= 15 is 0 Å². The molecule has 12 heavy (non-hydrogen) atoms. The van der Waals surface area contributed by atoms with Gasteiger partial charge in [-0.25, -0.2) is 0 Å². The Kier molecular flexibility index (Phi) is 2.82. The van der Waals surface area contributed by atoms with Crippen molar-refractivity contribution in [2.24, 2.45) is 0 Å². The van der Waals surface area contributed by atoms with Crippen LogP contribution in [0.2, 0.25) is 0 Å². The van der Waals surface area contributed by atoms with Gasteiger partial charge in [0.2, 0.25) is 0 Å². The molecular weight excluding hydrogens is 176 g/mol. The summed E-state index contributed by atoms with van der Waals surface area (Å²) in [6.07, 6.45) is 1.57. The first-order valence-corrected chi connectivity index (χ1v) is 4.19.